The van der Waals surface area contributed by atoms with Gasteiger partial charge in [0.1, 0.15) is 5.01 Å². The zero-order chi connectivity index (χ0) is 13.8. The Kier molecular flexibility index (Phi) is 4.90. The van der Waals surface area contributed by atoms with Crippen molar-refractivity contribution in [2.45, 2.75) is 32.9 Å². The molecule has 1 amide bonds. The first-order valence-corrected chi connectivity index (χ1v) is 7.44. The van der Waals surface area contributed by atoms with E-state index in [1.807, 2.05) is 31.9 Å². The lowest BCUT2D eigenvalue weighted by Gasteiger charge is -2.30. The summed E-state index contributed by atoms with van der Waals surface area (Å²) in [6.07, 6.45) is 1.87. The van der Waals surface area contributed by atoms with Crippen LogP contribution in [0.1, 0.15) is 29.8 Å². The van der Waals surface area contributed by atoms with E-state index < -0.39 is 0 Å². The summed E-state index contributed by atoms with van der Waals surface area (Å²) in [6, 6.07) is -0.101. The Hall–Kier alpha value is -0.980. The molecule has 0 radical (unpaired) electrons. The third kappa shape index (κ3) is 3.75. The van der Waals surface area contributed by atoms with Crippen LogP contribution in [0.25, 0.3) is 0 Å². The highest BCUT2D eigenvalue weighted by Crippen LogP contribution is 2.19. The fourth-order valence-electron chi connectivity index (χ4n) is 2.15. The average molecular weight is 283 g/mol. The van der Waals surface area contributed by atoms with E-state index in [1.165, 1.54) is 4.88 Å². The molecule has 1 fully saturated rings. The average Bonchev–Trinajstić information content (AvgIpc) is 2.85. The van der Waals surface area contributed by atoms with Gasteiger partial charge in [0.15, 0.2) is 0 Å². The number of amides is 1. The number of nitrogens with one attached hydrogen (secondary N) is 1. The molecule has 106 valence electrons. The van der Waals surface area contributed by atoms with Crippen molar-refractivity contribution in [3.63, 3.8) is 0 Å². The SMILES string of the molecule is Cc1cnc(C(C)NC(C)C(=O)N2CCOCC2)s1. The molecule has 0 aromatic carbocycles. The van der Waals surface area contributed by atoms with E-state index in [0.29, 0.717) is 26.3 Å². The minimum absolute atomic E-state index is 0.0960. The van der Waals surface area contributed by atoms with Crippen LogP contribution in [0.5, 0.6) is 0 Å². The molecule has 0 aliphatic carbocycles. The monoisotopic (exact) mass is 283 g/mol. The van der Waals surface area contributed by atoms with Crippen LogP contribution in [-0.4, -0.2) is 48.1 Å². The molecule has 1 N–H and O–H groups in total. The van der Waals surface area contributed by atoms with Crippen LogP contribution in [-0.2, 0) is 9.53 Å². The molecule has 2 unspecified atom stereocenters. The maximum absolute atomic E-state index is 12.3. The maximum atomic E-state index is 12.3. The number of rotatable bonds is 4. The van der Waals surface area contributed by atoms with E-state index in [1.54, 1.807) is 11.3 Å². The van der Waals surface area contributed by atoms with Crippen LogP contribution in [0.4, 0.5) is 0 Å². The number of hydrogen-bond acceptors (Lipinski definition) is 5. The second-order valence-corrected chi connectivity index (χ2v) is 6.12. The third-order valence-corrected chi connectivity index (χ3v) is 4.30. The van der Waals surface area contributed by atoms with Crippen molar-refractivity contribution in [1.82, 2.24) is 15.2 Å². The molecule has 0 saturated carbocycles. The molecule has 1 aliphatic heterocycles. The molecular weight excluding hydrogens is 262 g/mol. The zero-order valence-corrected chi connectivity index (χ0v) is 12.5. The highest BCUT2D eigenvalue weighted by molar-refractivity contribution is 7.11. The first kappa shape index (κ1) is 14.4. The van der Waals surface area contributed by atoms with Crippen LogP contribution in [0.15, 0.2) is 6.20 Å². The molecule has 2 rings (SSSR count). The zero-order valence-electron chi connectivity index (χ0n) is 11.7. The van der Waals surface area contributed by atoms with Crippen LogP contribution in [0.3, 0.4) is 0 Å². The number of aryl methyl sites for hydroxylation is 1. The molecule has 2 heterocycles. The lowest BCUT2D eigenvalue weighted by atomic mass is 10.2. The van der Waals surface area contributed by atoms with Crippen molar-refractivity contribution in [3.05, 3.63) is 16.1 Å². The molecule has 1 aromatic heterocycles. The maximum Gasteiger partial charge on any atom is 0.239 e. The number of thiazole rings is 1. The van der Waals surface area contributed by atoms with Gasteiger partial charge in [-0.3, -0.25) is 10.1 Å². The first-order valence-electron chi connectivity index (χ1n) is 6.63. The van der Waals surface area contributed by atoms with Gasteiger partial charge in [-0.25, -0.2) is 4.98 Å². The van der Waals surface area contributed by atoms with Gasteiger partial charge in [-0.05, 0) is 20.8 Å². The van der Waals surface area contributed by atoms with E-state index in [9.17, 15) is 4.79 Å². The van der Waals surface area contributed by atoms with E-state index in [4.69, 9.17) is 4.74 Å². The van der Waals surface area contributed by atoms with E-state index >= 15 is 0 Å². The second kappa shape index (κ2) is 6.45. The predicted octanol–water partition coefficient (Wildman–Crippen LogP) is 1.35. The van der Waals surface area contributed by atoms with Gasteiger partial charge in [0.25, 0.3) is 0 Å². The van der Waals surface area contributed by atoms with E-state index in [2.05, 4.69) is 10.3 Å². The van der Waals surface area contributed by atoms with Crippen molar-refractivity contribution >= 4 is 17.2 Å². The summed E-state index contributed by atoms with van der Waals surface area (Å²) in [5, 5.41) is 4.35. The fraction of sp³-hybridized carbons (Fsp3) is 0.692. The summed E-state index contributed by atoms with van der Waals surface area (Å²) in [7, 11) is 0. The van der Waals surface area contributed by atoms with Crippen LogP contribution < -0.4 is 5.32 Å². The summed E-state index contributed by atoms with van der Waals surface area (Å²) in [6.45, 7) is 8.65. The molecule has 1 aliphatic rings. The Labute approximate surface area is 118 Å². The van der Waals surface area contributed by atoms with Crippen LogP contribution >= 0.6 is 11.3 Å². The number of morpholine rings is 1. The van der Waals surface area contributed by atoms with Gasteiger partial charge in [-0.2, -0.15) is 0 Å². The molecule has 0 bridgehead atoms. The Morgan fingerprint density at radius 1 is 1.47 bits per heavy atom. The van der Waals surface area contributed by atoms with Crippen molar-refractivity contribution in [1.29, 1.82) is 0 Å². The van der Waals surface area contributed by atoms with Gasteiger partial charge in [-0.1, -0.05) is 0 Å². The Balaban J connectivity index is 1.89. The number of ether oxygens (including phenoxy) is 1. The molecule has 19 heavy (non-hydrogen) atoms. The minimum Gasteiger partial charge on any atom is -0.378 e. The Bertz CT molecular complexity index is 429. The summed E-state index contributed by atoms with van der Waals surface area (Å²) >= 11 is 1.67. The second-order valence-electron chi connectivity index (χ2n) is 4.86. The van der Waals surface area contributed by atoms with E-state index in [0.717, 1.165) is 5.01 Å². The van der Waals surface area contributed by atoms with Gasteiger partial charge in [0.05, 0.1) is 25.3 Å². The smallest absolute Gasteiger partial charge is 0.239 e. The minimum atomic E-state index is -0.197. The number of carbonyl (C=O) groups is 1. The first-order chi connectivity index (χ1) is 9.08. The summed E-state index contributed by atoms with van der Waals surface area (Å²) in [5.41, 5.74) is 0. The largest absolute Gasteiger partial charge is 0.378 e. The van der Waals surface area contributed by atoms with Gasteiger partial charge in [0.2, 0.25) is 5.91 Å². The summed E-state index contributed by atoms with van der Waals surface area (Å²) < 4.78 is 5.26. The lowest BCUT2D eigenvalue weighted by molar-refractivity contribution is -0.137. The van der Waals surface area contributed by atoms with Crippen molar-refractivity contribution in [2.24, 2.45) is 0 Å². The number of carbonyl (C=O) groups excluding carboxylic acids is 1. The molecule has 5 nitrogen and oxygen atoms in total. The van der Waals surface area contributed by atoms with Crippen molar-refractivity contribution < 1.29 is 9.53 Å². The standard InChI is InChI=1S/C13H21N3O2S/c1-9-8-14-12(19-9)10(2)15-11(3)13(17)16-4-6-18-7-5-16/h8,10-11,15H,4-7H2,1-3H3. The van der Waals surface area contributed by atoms with Crippen molar-refractivity contribution in [3.8, 4) is 0 Å². The Morgan fingerprint density at radius 3 is 2.74 bits per heavy atom. The highest BCUT2D eigenvalue weighted by atomic mass is 32.1. The van der Waals surface area contributed by atoms with Gasteiger partial charge in [-0.15, -0.1) is 11.3 Å². The topological polar surface area (TPSA) is 54.5 Å². The number of aromatic nitrogens is 1. The predicted molar refractivity (Wildman–Crippen MR) is 75.3 cm³/mol. The summed E-state index contributed by atoms with van der Waals surface area (Å²) in [4.78, 5) is 19.7. The molecule has 1 saturated heterocycles. The highest BCUT2D eigenvalue weighted by Gasteiger charge is 2.24. The molecule has 6 heteroatoms. The number of hydrogen-bond donors (Lipinski definition) is 1. The van der Waals surface area contributed by atoms with Crippen molar-refractivity contribution in [2.75, 3.05) is 26.3 Å². The lowest BCUT2D eigenvalue weighted by Crippen LogP contribution is -2.49. The number of nitrogens with zero attached hydrogens (tertiary/aromatic N) is 2. The third-order valence-electron chi connectivity index (χ3n) is 3.20. The summed E-state index contributed by atoms with van der Waals surface area (Å²) in [5.74, 6) is 0.142. The van der Waals surface area contributed by atoms with Crippen LogP contribution in [0.2, 0.25) is 0 Å². The normalized spacial score (nSPS) is 19.2. The molecule has 2 atom stereocenters. The molecule has 0 spiro atoms. The van der Waals surface area contributed by atoms with Gasteiger partial charge in [0, 0.05) is 24.2 Å². The van der Waals surface area contributed by atoms with E-state index in [-0.39, 0.29) is 18.0 Å². The van der Waals surface area contributed by atoms with Gasteiger partial charge >= 0.3 is 0 Å². The molecular formula is C13H21N3O2S. The Morgan fingerprint density at radius 2 is 2.16 bits per heavy atom. The molecule has 1 aromatic rings. The fourth-order valence-corrected chi connectivity index (χ4v) is 2.93. The van der Waals surface area contributed by atoms with Gasteiger partial charge < -0.3 is 9.64 Å². The van der Waals surface area contributed by atoms with Crippen LogP contribution in [0, 0.1) is 6.92 Å². The quantitative estimate of drug-likeness (QED) is 0.906.